The van der Waals surface area contributed by atoms with Crippen LogP contribution in [0.3, 0.4) is 0 Å². The van der Waals surface area contributed by atoms with Crippen LogP contribution >= 0.6 is 0 Å². The number of para-hydroxylation sites is 3. The van der Waals surface area contributed by atoms with E-state index in [9.17, 15) is 43.5 Å². The second kappa shape index (κ2) is 38.2. The summed E-state index contributed by atoms with van der Waals surface area (Å²) < 4.78 is 0. The fraction of sp³-hybridized carbons (Fsp3) is 0.500. The number of nitrogens with zero attached hydrogens (tertiary/aromatic N) is 1. The number of hydrogen-bond acceptors (Lipinski definition) is 14. The smallest absolute Gasteiger partial charge is 0.326 e. The van der Waals surface area contributed by atoms with Crippen LogP contribution in [0, 0.1) is 11.8 Å². The molecule has 0 spiro atoms. The highest BCUT2D eigenvalue weighted by Gasteiger charge is 2.37. The first-order valence-electron chi connectivity index (χ1n) is 33.2. The molecule has 24 N–H and O–H groups in total. The number of nitrogens with one attached hydrogen (secondary N) is 11. The Morgan fingerprint density at radius 2 is 0.771 bits per heavy atom. The summed E-state index contributed by atoms with van der Waals surface area (Å²) in [6.45, 7) is 8.17. The Balaban J connectivity index is 1.28. The summed E-state index contributed by atoms with van der Waals surface area (Å²) >= 11 is 0. The van der Waals surface area contributed by atoms with Crippen LogP contribution in [0.4, 0.5) is 0 Å². The molecule has 522 valence electrons. The van der Waals surface area contributed by atoms with E-state index in [-0.39, 0.29) is 76.3 Å². The largest absolute Gasteiger partial charge is 0.480 e. The summed E-state index contributed by atoms with van der Waals surface area (Å²) in [4.78, 5) is 143. The number of carboxylic acids is 1. The number of carbonyl (C=O) groups excluding carboxylic acids is 8. The molecule has 28 nitrogen and oxygen atoms in total. The molecule has 0 aliphatic rings. The van der Waals surface area contributed by atoms with Gasteiger partial charge in [-0.2, -0.15) is 0 Å². The highest BCUT2D eigenvalue weighted by Crippen LogP contribution is 2.24. The molecule has 8 amide bonds. The van der Waals surface area contributed by atoms with Crippen LogP contribution in [0.15, 0.2) is 96.4 Å². The zero-order chi connectivity index (χ0) is 69.8. The van der Waals surface area contributed by atoms with Gasteiger partial charge in [0.2, 0.25) is 47.3 Å². The average Bonchev–Trinajstić information content (AvgIpc) is 1.65. The number of unbranched alkanes of at least 4 members (excludes halogenated alkanes) is 3. The molecular weight excluding hydrogens is 1230 g/mol. The SMILES string of the molecule is CC(C)C[C@H](NC(=O)[C@H](Cc1c[nH]c2ccccc12)NC(=O)[C@H](Cc1c[nH]c2ccccc12)NC(=O)[C@@H](N)CCCCN)C(=O)N[C@H](C(=O)N[C@@H](Cc1c[nH]c2ccccc12)C(=O)N[C@@H](CCCCN)C(=O)N[C@@H](CCCN=C(N)N)C(=O)N[C@@H](CCCCN)C(=O)O)C(C)C. The fourth-order valence-corrected chi connectivity index (χ4v) is 11.5. The highest BCUT2D eigenvalue weighted by molar-refractivity contribution is 5.99. The normalized spacial score (nSPS) is 14.3. The molecule has 9 atom stereocenters. The van der Waals surface area contributed by atoms with Gasteiger partial charge in [0.05, 0.1) is 6.04 Å². The Kier molecular flexibility index (Phi) is 30.1. The number of aromatic amines is 3. The van der Waals surface area contributed by atoms with E-state index in [1.165, 1.54) is 0 Å². The lowest BCUT2D eigenvalue weighted by Gasteiger charge is -2.30. The first kappa shape index (κ1) is 75.6. The standard InChI is InChI=1S/C68H100N18O10/c1-39(2)32-54(83-64(92)56(34-42-37-77-49-23-9-6-19-45(42)49)84-63(91)55(82-59(87)47(72)21-11-14-28-69)33-41-36-76-48-22-8-5-18-44(41)48)65(93)86-58(40(3)4)66(94)85-57(35-43-38-78-50-24-10-7-20-46(43)50)62(90)80-51(25-12-15-29-70)60(88)79-52(27-17-31-75-68(73)74)61(89)81-53(67(95)96)26-13-16-30-71/h5-10,18-20,22-24,36-40,47,51-58,76-78H,11-17,21,25-35,69-72H2,1-4H3,(H,79,88)(H,80,90)(H,81,89)(H,82,87)(H,83,92)(H,84,91)(H,85,94)(H,86,93)(H,95,96)(H4,73,74,75)/t47-,51-,52-,53-,54-,55-,56-,57-,58-/m0/s1. The van der Waals surface area contributed by atoms with Crippen LogP contribution in [-0.2, 0) is 62.4 Å². The first-order valence-corrected chi connectivity index (χ1v) is 33.2. The Morgan fingerprint density at radius 3 is 1.18 bits per heavy atom. The predicted octanol–water partition coefficient (Wildman–Crippen LogP) is 1.59. The van der Waals surface area contributed by atoms with Crippen LogP contribution < -0.4 is 76.9 Å². The maximum Gasteiger partial charge on any atom is 0.326 e. The number of hydrogen-bond donors (Lipinski definition) is 18. The molecule has 6 rings (SSSR count). The van der Waals surface area contributed by atoms with Crippen molar-refractivity contribution >= 4 is 91.9 Å². The monoisotopic (exact) mass is 1330 g/mol. The third-order valence-electron chi connectivity index (χ3n) is 16.8. The zero-order valence-corrected chi connectivity index (χ0v) is 55.5. The number of aliphatic imine (C=N–C) groups is 1. The van der Waals surface area contributed by atoms with Crippen molar-refractivity contribution in [1.29, 1.82) is 0 Å². The number of aliphatic carboxylic acids is 1. The van der Waals surface area contributed by atoms with Crippen molar-refractivity contribution in [2.75, 3.05) is 26.2 Å². The lowest BCUT2D eigenvalue weighted by molar-refractivity contribution is -0.142. The number of carboxylic acid groups (broad SMARTS) is 1. The third kappa shape index (κ3) is 22.9. The van der Waals surface area contributed by atoms with Crippen LogP contribution in [0.1, 0.15) is 121 Å². The quantitative estimate of drug-likeness (QED) is 0.0147. The Labute approximate surface area is 559 Å². The van der Waals surface area contributed by atoms with Gasteiger partial charge >= 0.3 is 5.97 Å². The van der Waals surface area contributed by atoms with Crippen LogP contribution in [0.5, 0.6) is 0 Å². The van der Waals surface area contributed by atoms with Gasteiger partial charge in [-0.1, -0.05) is 88.7 Å². The summed E-state index contributed by atoms with van der Waals surface area (Å²) in [6, 6.07) is 10.8. The second-order valence-corrected chi connectivity index (χ2v) is 25.2. The number of aromatic nitrogens is 3. The number of fused-ring (bicyclic) bond motifs is 3. The molecule has 0 aliphatic heterocycles. The van der Waals surface area contributed by atoms with Gasteiger partial charge in [-0.3, -0.25) is 43.3 Å². The summed E-state index contributed by atoms with van der Waals surface area (Å²) in [7, 11) is 0. The van der Waals surface area contributed by atoms with E-state index in [0.717, 1.165) is 38.3 Å². The van der Waals surface area contributed by atoms with Crippen molar-refractivity contribution in [2.24, 2.45) is 51.2 Å². The predicted molar refractivity (Wildman–Crippen MR) is 370 cm³/mol. The van der Waals surface area contributed by atoms with Crippen LogP contribution in [-0.4, -0.2) is 160 Å². The molecule has 96 heavy (non-hydrogen) atoms. The highest BCUT2D eigenvalue weighted by atomic mass is 16.4. The van der Waals surface area contributed by atoms with E-state index in [1.807, 2.05) is 86.6 Å². The summed E-state index contributed by atoms with van der Waals surface area (Å²) in [5, 5.41) is 34.8. The number of rotatable bonds is 42. The van der Waals surface area contributed by atoms with Gasteiger partial charge < -0.3 is 97.0 Å². The Bertz CT molecular complexity index is 3580. The van der Waals surface area contributed by atoms with Crippen molar-refractivity contribution in [3.63, 3.8) is 0 Å². The van der Waals surface area contributed by atoms with Crippen LogP contribution in [0.2, 0.25) is 0 Å². The minimum Gasteiger partial charge on any atom is -0.480 e. The van der Waals surface area contributed by atoms with E-state index >= 15 is 4.79 Å². The zero-order valence-electron chi connectivity index (χ0n) is 55.5. The molecule has 28 heteroatoms. The minimum atomic E-state index is -1.40. The molecule has 0 saturated carbocycles. The number of nitrogens with two attached hydrogens (primary N) is 6. The maximum absolute atomic E-state index is 15.1. The van der Waals surface area contributed by atoms with Gasteiger partial charge in [0.15, 0.2) is 5.96 Å². The van der Waals surface area contributed by atoms with Gasteiger partial charge in [0.25, 0.3) is 0 Å². The molecule has 0 saturated heterocycles. The maximum atomic E-state index is 15.1. The number of benzene rings is 3. The molecule has 0 unspecified atom stereocenters. The van der Waals surface area contributed by atoms with Crippen molar-refractivity contribution in [3.8, 4) is 0 Å². The number of guanidine groups is 1. The van der Waals surface area contributed by atoms with Gasteiger partial charge in [0, 0.05) is 77.1 Å². The number of amides is 8. The lowest BCUT2D eigenvalue weighted by Crippen LogP contribution is -2.61. The molecule has 6 aromatic rings. The molecule has 0 fully saturated rings. The Hall–Kier alpha value is -9.38. The van der Waals surface area contributed by atoms with Crippen molar-refractivity contribution in [2.45, 2.75) is 178 Å². The summed E-state index contributed by atoms with van der Waals surface area (Å²) in [5.74, 6) is -8.20. The van der Waals surface area contributed by atoms with E-state index in [2.05, 4.69) is 62.5 Å². The second-order valence-electron chi connectivity index (χ2n) is 25.2. The van der Waals surface area contributed by atoms with Gasteiger partial charge in [-0.05, 0) is 137 Å². The van der Waals surface area contributed by atoms with E-state index in [4.69, 9.17) is 34.4 Å². The van der Waals surface area contributed by atoms with Crippen molar-refractivity contribution < 1.29 is 48.3 Å². The molecular formula is C68H100N18O10. The molecule has 3 aromatic carbocycles. The third-order valence-corrected chi connectivity index (χ3v) is 16.8. The number of carbonyl (C=O) groups is 9. The van der Waals surface area contributed by atoms with Crippen molar-refractivity contribution in [3.05, 3.63) is 108 Å². The van der Waals surface area contributed by atoms with Gasteiger partial charge in [-0.15, -0.1) is 0 Å². The first-order chi connectivity index (χ1) is 46.0. The molecule has 0 aliphatic carbocycles. The number of H-pyrrole nitrogens is 3. The molecule has 0 bridgehead atoms. The topological polar surface area (TPSA) is 486 Å². The van der Waals surface area contributed by atoms with E-state index < -0.39 is 114 Å². The van der Waals surface area contributed by atoms with Gasteiger partial charge in [0.1, 0.15) is 48.3 Å². The summed E-state index contributed by atoms with van der Waals surface area (Å²) in [5.41, 5.74) is 39.0. The summed E-state index contributed by atoms with van der Waals surface area (Å²) in [6.07, 6.45) is 8.66. The van der Waals surface area contributed by atoms with Crippen LogP contribution in [0.25, 0.3) is 32.7 Å². The average molecular weight is 1330 g/mol. The minimum absolute atomic E-state index is 0.0173. The van der Waals surface area contributed by atoms with E-state index in [0.29, 0.717) is 69.2 Å². The van der Waals surface area contributed by atoms with E-state index in [1.54, 1.807) is 32.4 Å². The fourth-order valence-electron chi connectivity index (χ4n) is 11.5. The lowest BCUT2D eigenvalue weighted by atomic mass is 9.97. The van der Waals surface area contributed by atoms with Gasteiger partial charge in [-0.25, -0.2) is 4.79 Å². The molecule has 3 aromatic heterocycles. The van der Waals surface area contributed by atoms with Crippen molar-refractivity contribution in [1.82, 2.24) is 57.5 Å². The Morgan fingerprint density at radius 1 is 0.427 bits per heavy atom. The molecule has 0 radical (unpaired) electrons. The molecule has 3 heterocycles.